The van der Waals surface area contributed by atoms with E-state index in [9.17, 15) is 86.5 Å². The molecule has 88 heavy (non-hydrogen) atoms. The Morgan fingerprint density at radius 1 is 0.500 bits per heavy atom. The van der Waals surface area contributed by atoms with Crippen molar-refractivity contribution in [3.63, 3.8) is 0 Å². The zero-order chi connectivity index (χ0) is 63.4. The van der Waals surface area contributed by atoms with Gasteiger partial charge in [0, 0.05) is 6.54 Å². The number of nitrogens with zero attached hydrogens (tertiary/aromatic N) is 3. The van der Waals surface area contributed by atoms with Gasteiger partial charge in [0.2, 0.25) is 5.91 Å². The number of carbonyl (C=O) groups excluding carboxylic acids is 1. The van der Waals surface area contributed by atoms with Crippen molar-refractivity contribution in [3.05, 3.63) is 11.4 Å². The summed E-state index contributed by atoms with van der Waals surface area (Å²) in [4.78, 5) is 12.9. The average molecular weight is 1280 g/mol. The van der Waals surface area contributed by atoms with Crippen LogP contribution in [-0.4, -0.2) is 326 Å². The molecule has 0 saturated carbocycles. The molecule has 0 aromatic carbocycles. The number of fused-ring (bicyclic) bond motifs is 1. The first-order valence-corrected chi connectivity index (χ1v) is 30.4. The predicted molar refractivity (Wildman–Crippen MR) is 285 cm³/mol. The first-order valence-electron chi connectivity index (χ1n) is 30.4. The van der Waals surface area contributed by atoms with E-state index >= 15 is 0 Å². The van der Waals surface area contributed by atoms with E-state index in [1.165, 1.54) is 4.68 Å². The SMILES string of the molecule is CCC1OC2OC3C(CO)OC(OC4C(CO)OC(OC5C(Cn6nnc7c6CCCCCC7OCC(=O)NCCCCC(C)C)OC(OC6C(CO)OC(OC7C(CO)OC(OC1C(O)C2O)C(O)C7O)C(O)C6O)C(O)C5O)C(O)C4O)C(O)C3O. The molecule has 23 aliphatic rings. The monoisotopic (exact) mass is 1270 g/mol. The van der Waals surface area contributed by atoms with Crippen molar-refractivity contribution in [1.29, 1.82) is 0 Å². The van der Waals surface area contributed by atoms with Crippen LogP contribution in [-0.2, 0) is 79.3 Å². The number of aliphatic hydroxyl groups excluding tert-OH is 16. The number of hydrogen-bond acceptors (Lipinski definition) is 32. The summed E-state index contributed by atoms with van der Waals surface area (Å²) in [6, 6.07) is 0. The first kappa shape index (κ1) is 69.8. The lowest BCUT2D eigenvalue weighted by molar-refractivity contribution is -0.403. The van der Waals surface area contributed by atoms with Crippen LogP contribution in [0.3, 0.4) is 0 Å². The van der Waals surface area contributed by atoms with Crippen molar-refractivity contribution in [2.75, 3.05) is 39.6 Å². The molecule has 1 aromatic heterocycles. The van der Waals surface area contributed by atoms with Crippen LogP contribution in [0.1, 0.15) is 89.6 Å². The van der Waals surface area contributed by atoms with E-state index < -0.39 is 223 Å². The highest BCUT2D eigenvalue weighted by Crippen LogP contribution is 2.39. The van der Waals surface area contributed by atoms with Crippen molar-refractivity contribution in [2.45, 2.75) is 275 Å². The molecule has 0 spiro atoms. The van der Waals surface area contributed by atoms with Crippen LogP contribution < -0.4 is 5.32 Å². The summed E-state index contributed by atoms with van der Waals surface area (Å²) < 4.78 is 79.3. The van der Waals surface area contributed by atoms with Crippen molar-refractivity contribution in [2.24, 2.45) is 5.92 Å². The van der Waals surface area contributed by atoms with Gasteiger partial charge >= 0.3 is 0 Å². The average Bonchev–Trinajstić information content (AvgIpc) is 3.11. The second-order valence-corrected chi connectivity index (χ2v) is 24.1. The number of amides is 1. The third-order valence-electron chi connectivity index (χ3n) is 17.6. The largest absolute Gasteiger partial charge is 0.394 e. The molecule has 22 fully saturated rings. The van der Waals surface area contributed by atoms with Crippen LogP contribution in [0, 0.1) is 5.92 Å². The van der Waals surface area contributed by atoms with E-state index in [0.717, 1.165) is 32.1 Å². The number of ether oxygens (including phenoxy) is 13. The molecule has 0 radical (unpaired) electrons. The molecule has 17 N–H and O–H groups in total. The minimum absolute atomic E-state index is 0.00986. The smallest absolute Gasteiger partial charge is 0.246 e. The molecular formula is C54H90N4O30. The van der Waals surface area contributed by atoms with Gasteiger partial charge in [0.25, 0.3) is 0 Å². The van der Waals surface area contributed by atoms with Crippen molar-refractivity contribution < 1.29 is 148 Å². The maximum atomic E-state index is 12.9. The van der Waals surface area contributed by atoms with Crippen molar-refractivity contribution >= 4 is 5.91 Å². The Hall–Kier alpha value is -2.55. The first-order chi connectivity index (χ1) is 42.1. The predicted octanol–water partition coefficient (Wildman–Crippen LogP) is -8.22. The summed E-state index contributed by atoms with van der Waals surface area (Å²) in [7, 11) is 0. The number of carbonyl (C=O) groups is 1. The van der Waals surface area contributed by atoms with Crippen molar-refractivity contribution in [3.8, 4) is 0 Å². The lowest BCUT2D eigenvalue weighted by Crippen LogP contribution is -2.69. The van der Waals surface area contributed by atoms with Crippen LogP contribution in [0.15, 0.2) is 0 Å². The fourth-order valence-corrected chi connectivity index (χ4v) is 12.5. The number of rotatable bonds is 15. The van der Waals surface area contributed by atoms with Crippen LogP contribution in [0.2, 0.25) is 0 Å². The number of aromatic nitrogens is 3. The number of nitrogens with one attached hydrogen (secondary N) is 1. The highest BCUT2D eigenvalue weighted by atomic mass is 16.8. The molecule has 506 valence electrons. The van der Waals surface area contributed by atoms with Crippen molar-refractivity contribution in [1.82, 2.24) is 20.3 Å². The Morgan fingerprint density at radius 3 is 1.24 bits per heavy atom. The Labute approximate surface area is 505 Å². The van der Waals surface area contributed by atoms with Crippen LogP contribution in [0.5, 0.6) is 0 Å². The third-order valence-corrected chi connectivity index (χ3v) is 17.6. The molecule has 1 aromatic rings. The molecule has 24 rings (SSSR count). The summed E-state index contributed by atoms with van der Waals surface area (Å²) in [5, 5.41) is 194. The lowest BCUT2D eigenvalue weighted by atomic mass is 9.94. The lowest BCUT2D eigenvalue weighted by Gasteiger charge is -2.51. The van der Waals surface area contributed by atoms with Gasteiger partial charge in [-0.3, -0.25) is 4.79 Å². The van der Waals surface area contributed by atoms with E-state index in [1.54, 1.807) is 6.92 Å². The maximum Gasteiger partial charge on any atom is 0.246 e. The second kappa shape index (κ2) is 31.1. The van der Waals surface area contributed by atoms with Gasteiger partial charge < -0.3 is 149 Å². The fourth-order valence-electron chi connectivity index (χ4n) is 12.5. The van der Waals surface area contributed by atoms with Gasteiger partial charge in [0.05, 0.1) is 44.8 Å². The number of unbranched alkanes of at least 4 members (excludes halogenated alkanes) is 1. The molecule has 22 aliphatic heterocycles. The van der Waals surface area contributed by atoms with Gasteiger partial charge in [0.1, 0.15) is 159 Å². The molecule has 23 heterocycles. The van der Waals surface area contributed by atoms with Crippen LogP contribution >= 0.6 is 0 Å². The third kappa shape index (κ3) is 15.2. The normalized spacial score (nSPS) is 46.4. The summed E-state index contributed by atoms with van der Waals surface area (Å²) in [5.74, 6) is 0.205. The number of aliphatic hydroxyl groups is 16. The number of hydrogen-bond donors (Lipinski definition) is 17. The van der Waals surface area contributed by atoms with Gasteiger partial charge in [-0.2, -0.15) is 0 Å². The van der Waals surface area contributed by atoms with Crippen LogP contribution in [0.4, 0.5) is 0 Å². The molecule has 22 saturated heterocycles. The Morgan fingerprint density at radius 2 is 0.864 bits per heavy atom. The molecule has 31 atom stereocenters. The van der Waals surface area contributed by atoms with E-state index in [2.05, 4.69) is 29.5 Å². The molecule has 12 bridgehead atoms. The van der Waals surface area contributed by atoms with E-state index in [-0.39, 0.29) is 18.9 Å². The summed E-state index contributed by atoms with van der Waals surface area (Å²) in [5.41, 5.74) is 0.911. The van der Waals surface area contributed by atoms with Gasteiger partial charge in [0.15, 0.2) is 37.7 Å². The van der Waals surface area contributed by atoms with Gasteiger partial charge in [-0.25, -0.2) is 4.68 Å². The molecule has 34 nitrogen and oxygen atoms in total. The standard InChI is InChI=1S/C54H90N4O30/c1-4-22-43-31(64)37(70)49(77-22)85-45-25(15-59)81-53(41(74)35(45)68)88-48-28(18-62)80-52(40(73)34(48)67)84-44-24(14-58-21-11-6-5-7-12-23(30(21)56-57-58)76-19-29(63)55-13-9-8-10-20(2)3)78-50(38(71)32(44)65)86-46-26(16-60)82-54(42(75)36(46)69)87-47-27(17-61)79-51(83-43)39(72)33(47)66/h20,22-28,31-54,59-62,64-75H,4-19H2,1-3H3,(H,55,63). The highest BCUT2D eigenvalue weighted by molar-refractivity contribution is 5.77. The second-order valence-electron chi connectivity index (χ2n) is 24.1. The minimum atomic E-state index is -2.18. The van der Waals surface area contributed by atoms with Crippen LogP contribution in [0.25, 0.3) is 0 Å². The van der Waals surface area contributed by atoms with E-state index in [4.69, 9.17) is 61.6 Å². The zero-order valence-corrected chi connectivity index (χ0v) is 49.0. The molecule has 34 heteroatoms. The topological polar surface area (TPSA) is 503 Å². The maximum absolute atomic E-state index is 12.9. The quantitative estimate of drug-likeness (QED) is 0.0725. The Bertz CT molecular complexity index is 2310. The summed E-state index contributed by atoms with van der Waals surface area (Å²) >= 11 is 0. The molecule has 1 aliphatic carbocycles. The van der Waals surface area contributed by atoms with E-state index in [1.807, 2.05) is 0 Å². The van der Waals surface area contributed by atoms with Gasteiger partial charge in [-0.05, 0) is 38.0 Å². The highest BCUT2D eigenvalue weighted by Gasteiger charge is 2.59. The fraction of sp³-hybridized carbons (Fsp3) is 0.944. The zero-order valence-electron chi connectivity index (χ0n) is 49.0. The van der Waals surface area contributed by atoms with E-state index in [0.29, 0.717) is 43.1 Å². The molecular weight excluding hydrogens is 1180 g/mol. The van der Waals surface area contributed by atoms with Gasteiger partial charge in [-0.1, -0.05) is 51.7 Å². The Balaban J connectivity index is 1.02. The summed E-state index contributed by atoms with van der Waals surface area (Å²) in [6.07, 6.45) is -52.2. The molecule has 1 amide bonds. The Kier molecular flexibility index (Phi) is 24.7. The molecule has 31 unspecified atom stereocenters. The summed E-state index contributed by atoms with van der Waals surface area (Å²) in [6.45, 7) is 1.67. The van der Waals surface area contributed by atoms with Gasteiger partial charge in [-0.15, -0.1) is 5.10 Å². The minimum Gasteiger partial charge on any atom is -0.394 e.